The Morgan fingerprint density at radius 2 is 1.64 bits per heavy atom. The SMILES string of the molecule is COc1ccc(OC)c(NC(=O)NC(COC(C)(C)C)C(=O)OC(C)(C)C)c1. The Labute approximate surface area is 166 Å². The van der Waals surface area contributed by atoms with Crippen LogP contribution in [-0.4, -0.2) is 50.1 Å². The molecule has 0 aliphatic carbocycles. The molecule has 0 bridgehead atoms. The molecule has 0 saturated heterocycles. The van der Waals surface area contributed by atoms with Crippen LogP contribution in [0.5, 0.6) is 11.5 Å². The van der Waals surface area contributed by atoms with Crippen LogP contribution >= 0.6 is 0 Å². The lowest BCUT2D eigenvalue weighted by Gasteiger charge is -2.27. The van der Waals surface area contributed by atoms with Crippen molar-refractivity contribution in [2.45, 2.75) is 58.8 Å². The van der Waals surface area contributed by atoms with Crippen LogP contribution in [0.1, 0.15) is 41.5 Å². The molecule has 0 aliphatic rings. The molecular weight excluding hydrogens is 364 g/mol. The summed E-state index contributed by atoms with van der Waals surface area (Å²) in [5, 5.41) is 5.27. The Morgan fingerprint density at radius 1 is 1.00 bits per heavy atom. The molecule has 1 aromatic rings. The maximum atomic E-state index is 12.5. The quantitative estimate of drug-likeness (QED) is 0.687. The second-order valence-corrected chi connectivity index (χ2v) is 8.17. The molecule has 8 heteroatoms. The van der Waals surface area contributed by atoms with Gasteiger partial charge in [-0.2, -0.15) is 0 Å². The molecule has 0 aromatic heterocycles. The Morgan fingerprint density at radius 3 is 2.14 bits per heavy atom. The highest BCUT2D eigenvalue weighted by molar-refractivity contribution is 5.94. The van der Waals surface area contributed by atoms with Crippen molar-refractivity contribution in [2.24, 2.45) is 0 Å². The van der Waals surface area contributed by atoms with Crippen LogP contribution in [0, 0.1) is 0 Å². The third-order valence-corrected chi connectivity index (χ3v) is 3.33. The van der Waals surface area contributed by atoms with Crippen LogP contribution in [0.15, 0.2) is 18.2 Å². The second-order valence-electron chi connectivity index (χ2n) is 8.17. The fraction of sp³-hybridized carbons (Fsp3) is 0.600. The van der Waals surface area contributed by atoms with Crippen molar-refractivity contribution in [1.29, 1.82) is 0 Å². The summed E-state index contributed by atoms with van der Waals surface area (Å²) in [6, 6.07) is 3.42. The molecule has 0 fully saturated rings. The smallest absolute Gasteiger partial charge is 0.331 e. The summed E-state index contributed by atoms with van der Waals surface area (Å²) in [7, 11) is 3.01. The van der Waals surface area contributed by atoms with Crippen LogP contribution in [-0.2, 0) is 14.3 Å². The lowest BCUT2D eigenvalue weighted by atomic mass is 10.1. The van der Waals surface area contributed by atoms with Gasteiger partial charge in [0.2, 0.25) is 0 Å². The van der Waals surface area contributed by atoms with Gasteiger partial charge in [-0.3, -0.25) is 0 Å². The van der Waals surface area contributed by atoms with E-state index in [2.05, 4.69) is 10.6 Å². The number of nitrogens with one attached hydrogen (secondary N) is 2. The fourth-order valence-electron chi connectivity index (χ4n) is 2.10. The number of ether oxygens (including phenoxy) is 4. The number of methoxy groups -OCH3 is 2. The molecule has 1 aromatic carbocycles. The van der Waals surface area contributed by atoms with Crippen LogP contribution < -0.4 is 20.1 Å². The van der Waals surface area contributed by atoms with Gasteiger partial charge in [0, 0.05) is 6.07 Å². The van der Waals surface area contributed by atoms with Crippen molar-refractivity contribution in [3.05, 3.63) is 18.2 Å². The third kappa shape index (κ3) is 8.47. The number of hydrogen-bond acceptors (Lipinski definition) is 6. The lowest BCUT2D eigenvalue weighted by Crippen LogP contribution is -2.49. The van der Waals surface area contributed by atoms with Gasteiger partial charge in [0.25, 0.3) is 0 Å². The summed E-state index contributed by atoms with van der Waals surface area (Å²) in [4.78, 5) is 25.0. The Hall–Kier alpha value is -2.48. The maximum absolute atomic E-state index is 12.5. The van der Waals surface area contributed by atoms with Gasteiger partial charge < -0.3 is 29.6 Å². The van der Waals surface area contributed by atoms with Gasteiger partial charge in [-0.05, 0) is 53.7 Å². The zero-order chi connectivity index (χ0) is 21.5. The predicted octanol–water partition coefficient (Wildman–Crippen LogP) is 3.35. The van der Waals surface area contributed by atoms with E-state index in [0.29, 0.717) is 17.2 Å². The van der Waals surface area contributed by atoms with Gasteiger partial charge in [0.05, 0.1) is 32.1 Å². The molecule has 1 rings (SSSR count). The first-order chi connectivity index (χ1) is 12.8. The number of benzene rings is 1. The van der Waals surface area contributed by atoms with Gasteiger partial charge in [-0.15, -0.1) is 0 Å². The van der Waals surface area contributed by atoms with E-state index in [4.69, 9.17) is 18.9 Å². The molecule has 2 N–H and O–H groups in total. The first-order valence-corrected chi connectivity index (χ1v) is 9.01. The summed E-state index contributed by atoms with van der Waals surface area (Å²) in [6.45, 7) is 10.8. The van der Waals surface area contributed by atoms with E-state index in [-0.39, 0.29) is 6.61 Å². The fourth-order valence-corrected chi connectivity index (χ4v) is 2.10. The van der Waals surface area contributed by atoms with Crippen molar-refractivity contribution in [3.8, 4) is 11.5 Å². The van der Waals surface area contributed by atoms with Crippen molar-refractivity contribution < 1.29 is 28.5 Å². The van der Waals surface area contributed by atoms with Crippen LogP contribution in [0.4, 0.5) is 10.5 Å². The number of amides is 2. The minimum absolute atomic E-state index is 0.0267. The first kappa shape index (κ1) is 23.6. The van der Waals surface area contributed by atoms with Crippen molar-refractivity contribution in [1.82, 2.24) is 5.32 Å². The molecule has 28 heavy (non-hydrogen) atoms. The summed E-state index contributed by atoms with van der Waals surface area (Å²) >= 11 is 0. The molecule has 0 saturated carbocycles. The molecule has 0 heterocycles. The zero-order valence-corrected chi connectivity index (χ0v) is 18.0. The third-order valence-electron chi connectivity index (χ3n) is 3.33. The monoisotopic (exact) mass is 396 g/mol. The largest absolute Gasteiger partial charge is 0.497 e. The first-order valence-electron chi connectivity index (χ1n) is 9.01. The molecule has 8 nitrogen and oxygen atoms in total. The molecule has 2 amide bonds. The molecular formula is C20H32N2O6. The van der Waals surface area contributed by atoms with Crippen LogP contribution in [0.25, 0.3) is 0 Å². The van der Waals surface area contributed by atoms with Gasteiger partial charge >= 0.3 is 12.0 Å². The van der Waals surface area contributed by atoms with E-state index in [9.17, 15) is 9.59 Å². The highest BCUT2D eigenvalue weighted by Crippen LogP contribution is 2.28. The summed E-state index contributed by atoms with van der Waals surface area (Å²) < 4.78 is 21.5. The van der Waals surface area contributed by atoms with Crippen molar-refractivity contribution in [2.75, 3.05) is 26.1 Å². The topological polar surface area (TPSA) is 95.1 Å². The summed E-state index contributed by atoms with van der Waals surface area (Å²) in [6.07, 6.45) is 0. The highest BCUT2D eigenvalue weighted by Gasteiger charge is 2.29. The highest BCUT2D eigenvalue weighted by atomic mass is 16.6. The standard InChI is InChI=1S/C20H32N2O6/c1-19(2,3)27-12-15(17(23)28-20(4,5)6)22-18(24)21-14-11-13(25-7)9-10-16(14)26-8/h9-11,15H,12H2,1-8H3,(H2,21,22,24). The molecule has 0 radical (unpaired) electrons. The second kappa shape index (κ2) is 9.64. The van der Waals surface area contributed by atoms with E-state index in [1.54, 1.807) is 39.0 Å². The van der Waals surface area contributed by atoms with E-state index < -0.39 is 29.2 Å². The Kier molecular flexibility index (Phi) is 8.11. The summed E-state index contributed by atoms with van der Waals surface area (Å²) in [5.74, 6) is 0.427. The average Bonchev–Trinajstić information content (AvgIpc) is 2.56. The van der Waals surface area contributed by atoms with Crippen LogP contribution in [0.2, 0.25) is 0 Å². The minimum atomic E-state index is -0.977. The Balaban J connectivity index is 2.92. The lowest BCUT2D eigenvalue weighted by molar-refractivity contribution is -0.160. The van der Waals surface area contributed by atoms with E-state index in [1.807, 2.05) is 20.8 Å². The van der Waals surface area contributed by atoms with Crippen molar-refractivity contribution in [3.63, 3.8) is 0 Å². The number of anilines is 1. The molecule has 1 atom stereocenters. The summed E-state index contributed by atoms with van der Waals surface area (Å²) in [5.41, 5.74) is -0.765. The normalized spacial score (nSPS) is 12.7. The zero-order valence-electron chi connectivity index (χ0n) is 18.0. The minimum Gasteiger partial charge on any atom is -0.497 e. The number of carbonyl (C=O) groups is 2. The van der Waals surface area contributed by atoms with E-state index in [0.717, 1.165) is 0 Å². The van der Waals surface area contributed by atoms with Gasteiger partial charge in [0.15, 0.2) is 6.04 Å². The van der Waals surface area contributed by atoms with E-state index in [1.165, 1.54) is 14.2 Å². The number of hydrogen-bond donors (Lipinski definition) is 2. The molecule has 0 spiro atoms. The van der Waals surface area contributed by atoms with Gasteiger partial charge in [-0.25, -0.2) is 9.59 Å². The average molecular weight is 396 g/mol. The van der Waals surface area contributed by atoms with Gasteiger partial charge in [0.1, 0.15) is 17.1 Å². The Bertz CT molecular complexity index is 676. The number of carbonyl (C=O) groups excluding carboxylic acids is 2. The predicted molar refractivity (Wildman–Crippen MR) is 107 cm³/mol. The number of urea groups is 1. The van der Waals surface area contributed by atoms with E-state index >= 15 is 0 Å². The molecule has 1 unspecified atom stereocenters. The number of esters is 1. The molecule has 158 valence electrons. The molecule has 0 aliphatic heterocycles. The maximum Gasteiger partial charge on any atom is 0.331 e. The van der Waals surface area contributed by atoms with Gasteiger partial charge in [-0.1, -0.05) is 0 Å². The van der Waals surface area contributed by atoms with Crippen molar-refractivity contribution >= 4 is 17.7 Å². The van der Waals surface area contributed by atoms with Crippen LogP contribution in [0.3, 0.4) is 0 Å². The number of rotatable bonds is 7.